The number of nitrogens with one attached hydrogen (secondary N) is 1. The molecule has 1 aromatic carbocycles. The average molecular weight is 345 g/mol. The molecule has 18 heavy (non-hydrogen) atoms. The molecule has 0 saturated heterocycles. The molecule has 2 unspecified atom stereocenters. The van der Waals surface area contributed by atoms with Crippen molar-refractivity contribution >= 4 is 27.5 Å². The van der Waals surface area contributed by atoms with Crippen molar-refractivity contribution in [2.45, 2.75) is 38.5 Å². The van der Waals surface area contributed by atoms with Crippen LogP contribution in [0.5, 0.6) is 0 Å². The summed E-state index contributed by atoms with van der Waals surface area (Å²) in [6.07, 6.45) is -5.01. The summed E-state index contributed by atoms with van der Waals surface area (Å²) in [7, 11) is 0. The van der Waals surface area contributed by atoms with Gasteiger partial charge in [0.15, 0.2) is 0 Å². The van der Waals surface area contributed by atoms with Crippen molar-refractivity contribution in [1.82, 2.24) is 5.32 Å². The van der Waals surface area contributed by atoms with E-state index in [0.29, 0.717) is 5.02 Å². The highest BCUT2D eigenvalue weighted by atomic mass is 79.9. The van der Waals surface area contributed by atoms with Gasteiger partial charge < -0.3 is 5.32 Å². The van der Waals surface area contributed by atoms with Crippen LogP contribution in [0.15, 0.2) is 22.7 Å². The van der Waals surface area contributed by atoms with Crippen LogP contribution in [0.4, 0.5) is 13.2 Å². The third-order valence-corrected chi connectivity index (χ3v) is 3.32. The Bertz CT molecular complexity index is 409. The lowest BCUT2D eigenvalue weighted by Crippen LogP contribution is -2.33. The molecule has 0 amide bonds. The third kappa shape index (κ3) is 5.16. The molecule has 0 saturated carbocycles. The van der Waals surface area contributed by atoms with Crippen LogP contribution in [0.1, 0.15) is 31.9 Å². The number of halogens is 5. The maximum Gasteiger partial charge on any atom is 0.390 e. The fourth-order valence-electron chi connectivity index (χ4n) is 1.78. The first-order valence-corrected chi connectivity index (χ1v) is 6.64. The van der Waals surface area contributed by atoms with Crippen molar-refractivity contribution < 1.29 is 13.2 Å². The average Bonchev–Trinajstić information content (AvgIpc) is 2.13. The Kier molecular flexibility index (Phi) is 5.49. The second-order valence-corrected chi connectivity index (χ2v) is 5.60. The molecular weight excluding hydrogens is 330 g/mol. The van der Waals surface area contributed by atoms with E-state index in [9.17, 15) is 13.2 Å². The Labute approximate surface area is 118 Å². The molecule has 0 bridgehead atoms. The van der Waals surface area contributed by atoms with Crippen molar-refractivity contribution in [2.24, 2.45) is 0 Å². The van der Waals surface area contributed by atoms with Gasteiger partial charge in [-0.3, -0.25) is 0 Å². The highest BCUT2D eigenvalue weighted by molar-refractivity contribution is 9.10. The molecule has 2 atom stereocenters. The molecule has 0 aliphatic rings. The van der Waals surface area contributed by atoms with E-state index in [4.69, 9.17) is 11.6 Å². The molecule has 0 aliphatic heterocycles. The van der Waals surface area contributed by atoms with Gasteiger partial charge >= 0.3 is 6.18 Å². The van der Waals surface area contributed by atoms with Crippen molar-refractivity contribution in [2.75, 3.05) is 0 Å². The van der Waals surface area contributed by atoms with Crippen LogP contribution in [-0.2, 0) is 0 Å². The number of benzene rings is 1. The Balaban J connectivity index is 2.67. The fraction of sp³-hybridized carbons (Fsp3) is 0.500. The van der Waals surface area contributed by atoms with E-state index in [1.165, 1.54) is 6.92 Å². The molecule has 0 aliphatic carbocycles. The van der Waals surface area contributed by atoms with Gasteiger partial charge in [0.05, 0.1) is 6.42 Å². The van der Waals surface area contributed by atoms with E-state index in [2.05, 4.69) is 21.2 Å². The fourth-order valence-corrected chi connectivity index (χ4v) is 2.61. The molecule has 102 valence electrons. The molecule has 1 rings (SSSR count). The van der Waals surface area contributed by atoms with Crippen LogP contribution in [-0.4, -0.2) is 12.2 Å². The third-order valence-electron chi connectivity index (χ3n) is 2.50. The van der Waals surface area contributed by atoms with Crippen molar-refractivity contribution in [3.63, 3.8) is 0 Å². The van der Waals surface area contributed by atoms with Gasteiger partial charge in [0.1, 0.15) is 0 Å². The number of alkyl halides is 3. The van der Waals surface area contributed by atoms with Gasteiger partial charge in [-0.25, -0.2) is 0 Å². The molecule has 0 aromatic heterocycles. The molecule has 0 heterocycles. The second-order valence-electron chi connectivity index (χ2n) is 4.27. The van der Waals surface area contributed by atoms with Crippen LogP contribution in [0.3, 0.4) is 0 Å². The zero-order valence-electron chi connectivity index (χ0n) is 9.98. The summed E-state index contributed by atoms with van der Waals surface area (Å²) in [5.41, 5.74) is 0.786. The largest absolute Gasteiger partial charge is 0.390 e. The van der Waals surface area contributed by atoms with Crippen LogP contribution >= 0.6 is 27.5 Å². The van der Waals surface area contributed by atoms with Crippen LogP contribution in [0, 0.1) is 0 Å². The first-order valence-electron chi connectivity index (χ1n) is 5.47. The molecule has 0 radical (unpaired) electrons. The standard InChI is InChI=1S/C12H14BrClF3N/c1-7(6-12(15,16)17)18-8(2)10-4-3-9(13)5-11(10)14/h3-5,7-8,18H,6H2,1-2H3. The monoisotopic (exact) mass is 343 g/mol. The molecule has 1 nitrogen and oxygen atoms in total. The summed E-state index contributed by atoms with van der Waals surface area (Å²) in [5, 5.41) is 3.42. The minimum Gasteiger partial charge on any atom is -0.307 e. The summed E-state index contributed by atoms with van der Waals surface area (Å²) < 4.78 is 37.5. The van der Waals surface area contributed by atoms with Crippen LogP contribution in [0.2, 0.25) is 5.02 Å². The lowest BCUT2D eigenvalue weighted by Gasteiger charge is -2.22. The summed E-state index contributed by atoms with van der Waals surface area (Å²) >= 11 is 9.33. The number of rotatable bonds is 4. The van der Waals surface area contributed by atoms with Gasteiger partial charge in [-0.15, -0.1) is 0 Å². The molecular formula is C12H14BrClF3N. The van der Waals surface area contributed by atoms with Gasteiger partial charge in [-0.1, -0.05) is 33.6 Å². The van der Waals surface area contributed by atoms with Crippen molar-refractivity contribution in [3.05, 3.63) is 33.3 Å². The normalized spacial score (nSPS) is 15.5. The molecule has 0 spiro atoms. The van der Waals surface area contributed by atoms with E-state index < -0.39 is 18.6 Å². The Morgan fingerprint density at radius 1 is 1.33 bits per heavy atom. The Morgan fingerprint density at radius 3 is 2.44 bits per heavy atom. The van der Waals surface area contributed by atoms with Crippen LogP contribution in [0.25, 0.3) is 0 Å². The Hall–Kier alpha value is -0.260. The minimum absolute atomic E-state index is 0.233. The number of hydrogen-bond donors (Lipinski definition) is 1. The quantitative estimate of drug-likeness (QED) is 0.802. The van der Waals surface area contributed by atoms with Crippen molar-refractivity contribution in [3.8, 4) is 0 Å². The van der Waals surface area contributed by atoms with Gasteiger partial charge in [0.2, 0.25) is 0 Å². The van der Waals surface area contributed by atoms with Crippen molar-refractivity contribution in [1.29, 1.82) is 0 Å². The van der Waals surface area contributed by atoms with Gasteiger partial charge in [-0.05, 0) is 31.5 Å². The van der Waals surface area contributed by atoms with Gasteiger partial charge in [-0.2, -0.15) is 13.2 Å². The summed E-state index contributed by atoms with van der Waals surface area (Å²) in [6.45, 7) is 3.30. The minimum atomic E-state index is -4.16. The molecule has 1 aromatic rings. The predicted octanol–water partition coefficient (Wildman–Crippen LogP) is 5.09. The summed E-state index contributed by atoms with van der Waals surface area (Å²) in [6, 6.07) is 4.45. The first kappa shape index (κ1) is 15.8. The zero-order chi connectivity index (χ0) is 13.9. The maximum absolute atomic E-state index is 12.2. The Morgan fingerprint density at radius 2 is 1.94 bits per heavy atom. The highest BCUT2D eigenvalue weighted by Crippen LogP contribution is 2.28. The molecule has 0 fully saturated rings. The summed E-state index contributed by atoms with van der Waals surface area (Å²) in [5.74, 6) is 0. The van der Waals surface area contributed by atoms with E-state index in [0.717, 1.165) is 10.0 Å². The predicted molar refractivity (Wildman–Crippen MR) is 70.8 cm³/mol. The molecule has 1 N–H and O–H groups in total. The molecule has 6 heteroatoms. The lowest BCUT2D eigenvalue weighted by molar-refractivity contribution is -0.139. The zero-order valence-corrected chi connectivity index (χ0v) is 12.3. The topological polar surface area (TPSA) is 12.0 Å². The van der Waals surface area contributed by atoms with Gasteiger partial charge in [0.25, 0.3) is 0 Å². The van der Waals surface area contributed by atoms with Crippen LogP contribution < -0.4 is 5.32 Å². The lowest BCUT2D eigenvalue weighted by atomic mass is 10.1. The van der Waals surface area contributed by atoms with E-state index >= 15 is 0 Å². The SMILES string of the molecule is CC(CC(F)(F)F)NC(C)c1ccc(Br)cc1Cl. The first-order chi connectivity index (χ1) is 8.19. The smallest absolute Gasteiger partial charge is 0.307 e. The maximum atomic E-state index is 12.2. The summed E-state index contributed by atoms with van der Waals surface area (Å²) in [4.78, 5) is 0. The van der Waals surface area contributed by atoms with E-state index in [1.54, 1.807) is 19.1 Å². The van der Waals surface area contributed by atoms with Gasteiger partial charge in [0, 0.05) is 21.6 Å². The highest BCUT2D eigenvalue weighted by Gasteiger charge is 2.30. The van der Waals surface area contributed by atoms with E-state index in [-0.39, 0.29) is 6.04 Å². The van der Waals surface area contributed by atoms with E-state index in [1.807, 2.05) is 6.07 Å². The second kappa shape index (κ2) is 6.26. The number of hydrogen-bond acceptors (Lipinski definition) is 1.